The van der Waals surface area contributed by atoms with Gasteiger partial charge in [-0.1, -0.05) is 12.1 Å². The third-order valence-corrected chi connectivity index (χ3v) is 6.23. The van der Waals surface area contributed by atoms with Crippen LogP contribution in [0.1, 0.15) is 60.9 Å². The fourth-order valence-corrected chi connectivity index (χ4v) is 4.25. The van der Waals surface area contributed by atoms with Crippen LogP contribution in [0.25, 0.3) is 11.3 Å². The Morgan fingerprint density at radius 3 is 2.44 bits per heavy atom. The van der Waals surface area contributed by atoms with Crippen molar-refractivity contribution in [2.45, 2.75) is 51.7 Å². The molecule has 0 N–H and O–H groups in total. The van der Waals surface area contributed by atoms with E-state index in [0.717, 1.165) is 11.1 Å². The summed E-state index contributed by atoms with van der Waals surface area (Å²) in [6.45, 7) is 6.62. The van der Waals surface area contributed by atoms with Gasteiger partial charge in [-0.05, 0) is 62.7 Å². The quantitative estimate of drug-likeness (QED) is 0.403. The molecule has 2 heterocycles. The maximum absolute atomic E-state index is 12.3. The minimum Gasteiger partial charge on any atom is -0.489 e. The standard InChI is InChI=1S/C30H32N4O5/c1-30(2,3)39-29(36)34-15-12-24(13-16-34)38-26-10-9-22(18-23(26)19-31)25-11-14-32-27(33-25)17-20-5-7-21(8-6-20)28(35)37-4/h5-11,14,18,24H,12-13,15-17H2,1-4H3. The highest BCUT2D eigenvalue weighted by atomic mass is 16.6. The molecular weight excluding hydrogens is 496 g/mol. The van der Waals surface area contributed by atoms with E-state index in [1.165, 1.54) is 7.11 Å². The summed E-state index contributed by atoms with van der Waals surface area (Å²) in [5, 5.41) is 9.81. The Kier molecular flexibility index (Phi) is 8.45. The van der Waals surface area contributed by atoms with Crippen molar-refractivity contribution in [2.24, 2.45) is 0 Å². The smallest absolute Gasteiger partial charge is 0.410 e. The van der Waals surface area contributed by atoms with E-state index in [9.17, 15) is 14.9 Å². The maximum atomic E-state index is 12.3. The van der Waals surface area contributed by atoms with Crippen LogP contribution in [0.2, 0.25) is 0 Å². The van der Waals surface area contributed by atoms with Gasteiger partial charge in [-0.25, -0.2) is 19.6 Å². The lowest BCUT2D eigenvalue weighted by Gasteiger charge is -2.33. The van der Waals surface area contributed by atoms with Gasteiger partial charge in [0.25, 0.3) is 0 Å². The molecule has 0 saturated carbocycles. The highest BCUT2D eigenvalue weighted by molar-refractivity contribution is 5.89. The summed E-state index contributed by atoms with van der Waals surface area (Å²) in [5.74, 6) is 0.748. The van der Waals surface area contributed by atoms with Crippen LogP contribution in [0.15, 0.2) is 54.7 Å². The van der Waals surface area contributed by atoms with E-state index in [1.807, 2.05) is 39.0 Å². The van der Waals surface area contributed by atoms with Gasteiger partial charge < -0.3 is 19.1 Å². The number of nitriles is 1. The Morgan fingerprint density at radius 2 is 1.79 bits per heavy atom. The molecule has 0 unspecified atom stereocenters. The number of piperidine rings is 1. The SMILES string of the molecule is COC(=O)c1ccc(Cc2nccc(-c3ccc(OC4CCN(C(=O)OC(C)(C)C)CC4)c(C#N)c3)n2)cc1. The van der Waals surface area contributed by atoms with E-state index in [2.05, 4.69) is 16.0 Å². The summed E-state index contributed by atoms with van der Waals surface area (Å²) in [5.41, 5.74) is 2.80. The van der Waals surface area contributed by atoms with Crippen LogP contribution in [0.5, 0.6) is 5.75 Å². The number of aromatic nitrogens is 2. The first-order chi connectivity index (χ1) is 18.6. The summed E-state index contributed by atoms with van der Waals surface area (Å²) in [4.78, 5) is 34.7. The summed E-state index contributed by atoms with van der Waals surface area (Å²) in [6, 6.07) is 16.6. The number of hydrogen-bond acceptors (Lipinski definition) is 8. The molecule has 0 spiro atoms. The molecule has 1 aromatic heterocycles. The number of hydrogen-bond donors (Lipinski definition) is 0. The average Bonchev–Trinajstić information content (AvgIpc) is 2.93. The number of amides is 1. The minimum absolute atomic E-state index is 0.0992. The van der Waals surface area contributed by atoms with Crippen molar-refractivity contribution < 1.29 is 23.8 Å². The van der Waals surface area contributed by atoms with E-state index in [-0.39, 0.29) is 18.2 Å². The van der Waals surface area contributed by atoms with Crippen LogP contribution in [-0.4, -0.2) is 58.8 Å². The molecule has 1 fully saturated rings. The highest BCUT2D eigenvalue weighted by Gasteiger charge is 2.28. The number of esters is 1. The molecule has 39 heavy (non-hydrogen) atoms. The molecule has 4 rings (SSSR count). The van der Waals surface area contributed by atoms with E-state index in [0.29, 0.717) is 60.7 Å². The molecule has 1 aliphatic rings. The largest absolute Gasteiger partial charge is 0.489 e. The van der Waals surface area contributed by atoms with Crippen LogP contribution in [-0.2, 0) is 15.9 Å². The summed E-state index contributed by atoms with van der Waals surface area (Å²) < 4.78 is 16.4. The van der Waals surface area contributed by atoms with Gasteiger partial charge in [0.1, 0.15) is 29.3 Å². The molecule has 3 aromatic rings. The highest BCUT2D eigenvalue weighted by Crippen LogP contribution is 2.28. The van der Waals surface area contributed by atoms with Crippen LogP contribution in [0, 0.1) is 11.3 Å². The summed E-state index contributed by atoms with van der Waals surface area (Å²) in [7, 11) is 1.35. The molecule has 1 aliphatic heterocycles. The van der Waals surface area contributed by atoms with Gasteiger partial charge in [0.15, 0.2) is 0 Å². The first-order valence-electron chi connectivity index (χ1n) is 12.8. The molecule has 9 heteroatoms. The number of methoxy groups -OCH3 is 1. The Morgan fingerprint density at radius 1 is 1.08 bits per heavy atom. The maximum Gasteiger partial charge on any atom is 0.410 e. The fraction of sp³-hybridized carbons (Fsp3) is 0.367. The zero-order valence-electron chi connectivity index (χ0n) is 22.6. The number of likely N-dealkylation sites (tertiary alicyclic amines) is 1. The third-order valence-electron chi connectivity index (χ3n) is 6.23. The van der Waals surface area contributed by atoms with Crippen LogP contribution < -0.4 is 4.74 Å². The Hall–Kier alpha value is -4.45. The van der Waals surface area contributed by atoms with Crippen molar-refractivity contribution in [3.8, 4) is 23.1 Å². The number of ether oxygens (including phenoxy) is 3. The Balaban J connectivity index is 1.41. The third kappa shape index (κ3) is 7.32. The predicted molar refractivity (Wildman–Crippen MR) is 144 cm³/mol. The minimum atomic E-state index is -0.532. The molecule has 0 radical (unpaired) electrons. The van der Waals surface area contributed by atoms with Crippen molar-refractivity contribution in [3.63, 3.8) is 0 Å². The Bertz CT molecular complexity index is 1370. The molecule has 9 nitrogen and oxygen atoms in total. The lowest BCUT2D eigenvalue weighted by molar-refractivity contribution is 0.0126. The second-order valence-electron chi connectivity index (χ2n) is 10.3. The zero-order chi connectivity index (χ0) is 28.0. The molecule has 1 saturated heterocycles. The lowest BCUT2D eigenvalue weighted by atomic mass is 10.1. The first kappa shape index (κ1) is 27.6. The molecule has 0 aliphatic carbocycles. The molecule has 0 bridgehead atoms. The number of benzene rings is 2. The van der Waals surface area contributed by atoms with Crippen molar-refractivity contribution in [1.82, 2.24) is 14.9 Å². The first-order valence-corrected chi connectivity index (χ1v) is 12.8. The fourth-order valence-electron chi connectivity index (χ4n) is 4.25. The van der Waals surface area contributed by atoms with E-state index < -0.39 is 5.60 Å². The predicted octanol–water partition coefficient (Wildman–Crippen LogP) is 5.17. The monoisotopic (exact) mass is 528 g/mol. The van der Waals surface area contributed by atoms with Gasteiger partial charge in [0.2, 0.25) is 0 Å². The number of nitrogens with zero attached hydrogens (tertiary/aromatic N) is 4. The second kappa shape index (κ2) is 11.9. The summed E-state index contributed by atoms with van der Waals surface area (Å²) >= 11 is 0. The van der Waals surface area contributed by atoms with E-state index in [4.69, 9.17) is 14.2 Å². The molecule has 0 atom stereocenters. The van der Waals surface area contributed by atoms with E-state index in [1.54, 1.807) is 41.4 Å². The van der Waals surface area contributed by atoms with Crippen LogP contribution in [0.3, 0.4) is 0 Å². The zero-order valence-corrected chi connectivity index (χ0v) is 22.6. The topological polar surface area (TPSA) is 115 Å². The van der Waals surface area contributed by atoms with Crippen molar-refractivity contribution in [3.05, 3.63) is 77.2 Å². The molecule has 1 amide bonds. The molecule has 2 aromatic carbocycles. The van der Waals surface area contributed by atoms with Gasteiger partial charge in [0.05, 0.1) is 23.9 Å². The van der Waals surface area contributed by atoms with Gasteiger partial charge in [-0.2, -0.15) is 5.26 Å². The van der Waals surface area contributed by atoms with E-state index >= 15 is 0 Å². The van der Waals surface area contributed by atoms with Crippen molar-refractivity contribution in [2.75, 3.05) is 20.2 Å². The van der Waals surface area contributed by atoms with Gasteiger partial charge in [-0.3, -0.25) is 0 Å². The summed E-state index contributed by atoms with van der Waals surface area (Å²) in [6.07, 6.45) is 3.07. The Labute approximate surface area is 228 Å². The number of rotatable bonds is 6. The average molecular weight is 529 g/mol. The number of carbonyl (C=O) groups is 2. The number of carbonyl (C=O) groups excluding carboxylic acids is 2. The molecule has 202 valence electrons. The van der Waals surface area contributed by atoms with Gasteiger partial charge >= 0.3 is 12.1 Å². The second-order valence-corrected chi connectivity index (χ2v) is 10.3. The van der Waals surface area contributed by atoms with Crippen molar-refractivity contribution >= 4 is 12.1 Å². The lowest BCUT2D eigenvalue weighted by Crippen LogP contribution is -2.44. The van der Waals surface area contributed by atoms with Crippen LogP contribution in [0.4, 0.5) is 4.79 Å². The molecular formula is C30H32N4O5. The van der Waals surface area contributed by atoms with Crippen molar-refractivity contribution in [1.29, 1.82) is 5.26 Å². The van der Waals surface area contributed by atoms with Gasteiger partial charge in [0, 0.05) is 44.1 Å². The van der Waals surface area contributed by atoms with Crippen LogP contribution >= 0.6 is 0 Å². The van der Waals surface area contributed by atoms with Gasteiger partial charge in [-0.15, -0.1) is 0 Å². The normalized spacial score (nSPS) is 13.9.